The molecule has 1 atom stereocenters. The molecule has 0 bridgehead atoms. The van der Waals surface area contributed by atoms with Gasteiger partial charge in [-0.2, -0.15) is 0 Å². The normalized spacial score (nSPS) is 24.3. The monoisotopic (exact) mass is 296 g/mol. The van der Waals surface area contributed by atoms with Gasteiger partial charge in [-0.25, -0.2) is 8.78 Å². The predicted molar refractivity (Wildman–Crippen MR) is 81.5 cm³/mol. The second-order valence-electron chi connectivity index (χ2n) is 6.61. The molecule has 2 nitrogen and oxygen atoms in total. The van der Waals surface area contributed by atoms with Crippen LogP contribution in [0.25, 0.3) is 0 Å². The van der Waals surface area contributed by atoms with E-state index in [4.69, 9.17) is 5.84 Å². The van der Waals surface area contributed by atoms with Gasteiger partial charge in [-0.1, -0.05) is 26.0 Å². The zero-order chi connectivity index (χ0) is 15.4. The van der Waals surface area contributed by atoms with Crippen LogP contribution < -0.4 is 11.3 Å². The number of rotatable bonds is 5. The average Bonchev–Trinajstić information content (AvgIpc) is 2.49. The van der Waals surface area contributed by atoms with Crippen LogP contribution in [0, 0.1) is 29.4 Å². The Morgan fingerprint density at radius 1 is 1.14 bits per heavy atom. The largest absolute Gasteiger partial charge is 0.271 e. The van der Waals surface area contributed by atoms with Gasteiger partial charge in [0.05, 0.1) is 0 Å². The molecule has 118 valence electrons. The van der Waals surface area contributed by atoms with Crippen molar-refractivity contribution < 1.29 is 8.78 Å². The Labute approximate surface area is 126 Å². The third-order valence-corrected chi connectivity index (χ3v) is 5.01. The molecule has 1 aromatic carbocycles. The molecule has 3 N–H and O–H groups in total. The van der Waals surface area contributed by atoms with Crippen molar-refractivity contribution in [2.45, 2.75) is 52.0 Å². The summed E-state index contributed by atoms with van der Waals surface area (Å²) in [5.74, 6) is 6.08. The second-order valence-corrected chi connectivity index (χ2v) is 6.61. The number of nitrogens with two attached hydrogens (primary N) is 1. The van der Waals surface area contributed by atoms with Crippen molar-refractivity contribution in [2.24, 2.45) is 23.6 Å². The summed E-state index contributed by atoms with van der Waals surface area (Å²) in [6.45, 7) is 4.54. The van der Waals surface area contributed by atoms with Crippen LogP contribution in [-0.2, 0) is 6.42 Å². The highest BCUT2D eigenvalue weighted by atomic mass is 19.2. The fourth-order valence-corrected chi connectivity index (χ4v) is 3.52. The van der Waals surface area contributed by atoms with Gasteiger partial charge in [-0.15, -0.1) is 0 Å². The quantitative estimate of drug-likeness (QED) is 0.640. The maximum Gasteiger partial charge on any atom is 0.162 e. The molecule has 0 aliphatic heterocycles. The molecule has 2 rings (SSSR count). The molecule has 1 aliphatic rings. The zero-order valence-corrected chi connectivity index (χ0v) is 12.9. The lowest BCUT2D eigenvalue weighted by atomic mass is 9.74. The van der Waals surface area contributed by atoms with Gasteiger partial charge in [-0.05, 0) is 61.5 Å². The van der Waals surface area contributed by atoms with Crippen molar-refractivity contribution in [1.82, 2.24) is 5.43 Å². The van der Waals surface area contributed by atoms with Crippen LogP contribution in [0.4, 0.5) is 8.78 Å². The highest BCUT2D eigenvalue weighted by molar-refractivity contribution is 5.20. The van der Waals surface area contributed by atoms with Gasteiger partial charge in [0, 0.05) is 6.04 Å². The van der Waals surface area contributed by atoms with E-state index in [1.54, 1.807) is 12.1 Å². The van der Waals surface area contributed by atoms with E-state index in [2.05, 4.69) is 19.3 Å². The molecule has 0 heterocycles. The van der Waals surface area contributed by atoms with Crippen molar-refractivity contribution >= 4 is 0 Å². The third-order valence-electron chi connectivity index (χ3n) is 5.01. The summed E-state index contributed by atoms with van der Waals surface area (Å²) in [6, 6.07) is 4.35. The van der Waals surface area contributed by atoms with Crippen molar-refractivity contribution in [3.8, 4) is 0 Å². The Kier molecular flexibility index (Phi) is 5.71. The lowest BCUT2D eigenvalue weighted by Gasteiger charge is -2.35. The summed E-state index contributed by atoms with van der Waals surface area (Å²) >= 11 is 0. The van der Waals surface area contributed by atoms with Gasteiger partial charge in [0.15, 0.2) is 11.6 Å². The molecule has 0 saturated heterocycles. The van der Waals surface area contributed by atoms with Crippen LogP contribution >= 0.6 is 0 Å². The van der Waals surface area contributed by atoms with Crippen LogP contribution in [0.2, 0.25) is 0 Å². The lowest BCUT2D eigenvalue weighted by Crippen LogP contribution is -2.44. The number of benzene rings is 1. The van der Waals surface area contributed by atoms with Crippen LogP contribution in [0.5, 0.6) is 0 Å². The molecule has 0 aromatic heterocycles. The maximum atomic E-state index is 13.8. The summed E-state index contributed by atoms with van der Waals surface area (Å²) in [6.07, 6.45) is 5.05. The van der Waals surface area contributed by atoms with Gasteiger partial charge in [0.1, 0.15) is 0 Å². The Balaban J connectivity index is 1.99. The summed E-state index contributed by atoms with van der Waals surface area (Å²) in [7, 11) is 0. The molecule has 0 spiro atoms. The number of nitrogens with one attached hydrogen (secondary N) is 1. The first-order chi connectivity index (χ1) is 10.0. The number of hydrogen-bond donors (Lipinski definition) is 2. The molecule has 1 fully saturated rings. The van der Waals surface area contributed by atoms with E-state index in [9.17, 15) is 8.78 Å². The minimum atomic E-state index is -0.785. The van der Waals surface area contributed by atoms with E-state index in [1.165, 1.54) is 12.8 Å². The van der Waals surface area contributed by atoms with Gasteiger partial charge in [0.25, 0.3) is 0 Å². The molecular formula is C17H26F2N2. The molecule has 1 unspecified atom stereocenters. The van der Waals surface area contributed by atoms with Crippen LogP contribution in [0.1, 0.15) is 45.1 Å². The summed E-state index contributed by atoms with van der Waals surface area (Å²) in [5, 5.41) is 0. The minimum Gasteiger partial charge on any atom is -0.271 e. The Morgan fingerprint density at radius 3 is 2.33 bits per heavy atom. The molecule has 21 heavy (non-hydrogen) atoms. The molecule has 0 radical (unpaired) electrons. The molecule has 4 heteroatoms. The topological polar surface area (TPSA) is 38.0 Å². The van der Waals surface area contributed by atoms with E-state index >= 15 is 0 Å². The first-order valence-corrected chi connectivity index (χ1v) is 7.92. The molecular weight excluding hydrogens is 270 g/mol. The van der Waals surface area contributed by atoms with Crippen molar-refractivity contribution in [3.63, 3.8) is 0 Å². The van der Waals surface area contributed by atoms with Crippen LogP contribution in [0.3, 0.4) is 0 Å². The SMILES string of the molecule is CC(C)C1CCC(C(Cc2cccc(F)c2F)NN)CC1. The summed E-state index contributed by atoms with van der Waals surface area (Å²) < 4.78 is 27.1. The smallest absolute Gasteiger partial charge is 0.162 e. The fraction of sp³-hybridized carbons (Fsp3) is 0.647. The van der Waals surface area contributed by atoms with Gasteiger partial charge < -0.3 is 0 Å². The van der Waals surface area contributed by atoms with Gasteiger partial charge in [-0.3, -0.25) is 11.3 Å². The van der Waals surface area contributed by atoms with E-state index in [-0.39, 0.29) is 6.04 Å². The molecule has 1 aromatic rings. The van der Waals surface area contributed by atoms with Gasteiger partial charge in [0.2, 0.25) is 0 Å². The Morgan fingerprint density at radius 2 is 1.76 bits per heavy atom. The molecule has 0 amide bonds. The number of hydrogen-bond acceptors (Lipinski definition) is 2. The second kappa shape index (κ2) is 7.32. The molecule has 1 aliphatic carbocycles. The van der Waals surface area contributed by atoms with Crippen molar-refractivity contribution in [2.75, 3.05) is 0 Å². The van der Waals surface area contributed by atoms with Crippen molar-refractivity contribution in [3.05, 3.63) is 35.4 Å². The maximum absolute atomic E-state index is 13.8. The highest BCUT2D eigenvalue weighted by Gasteiger charge is 2.29. The minimum absolute atomic E-state index is 0.00872. The van der Waals surface area contributed by atoms with Gasteiger partial charge >= 0.3 is 0 Å². The first kappa shape index (κ1) is 16.4. The van der Waals surface area contributed by atoms with Crippen LogP contribution in [0.15, 0.2) is 18.2 Å². The van der Waals surface area contributed by atoms with Crippen molar-refractivity contribution in [1.29, 1.82) is 0 Å². The Bertz CT molecular complexity index is 454. The summed E-state index contributed by atoms with van der Waals surface area (Å²) in [4.78, 5) is 0. The fourth-order valence-electron chi connectivity index (χ4n) is 3.52. The van der Waals surface area contributed by atoms with E-state index < -0.39 is 11.6 Å². The molecule has 1 saturated carbocycles. The van der Waals surface area contributed by atoms with E-state index in [0.29, 0.717) is 17.9 Å². The lowest BCUT2D eigenvalue weighted by molar-refractivity contribution is 0.187. The summed E-state index contributed by atoms with van der Waals surface area (Å²) in [5.41, 5.74) is 3.23. The number of hydrazine groups is 1. The predicted octanol–water partition coefficient (Wildman–Crippen LogP) is 3.80. The average molecular weight is 296 g/mol. The number of halogens is 2. The first-order valence-electron chi connectivity index (χ1n) is 7.92. The third kappa shape index (κ3) is 4.01. The van der Waals surface area contributed by atoms with E-state index in [0.717, 1.165) is 30.7 Å². The zero-order valence-electron chi connectivity index (χ0n) is 12.9. The standard InChI is InChI=1S/C17H26F2N2/c1-11(2)12-6-8-13(9-7-12)16(21-20)10-14-4-3-5-15(18)17(14)19/h3-5,11-13,16,21H,6-10,20H2,1-2H3. The Hall–Kier alpha value is -1.00. The van der Waals surface area contributed by atoms with E-state index in [1.807, 2.05) is 0 Å². The highest BCUT2D eigenvalue weighted by Crippen LogP contribution is 2.35. The van der Waals surface area contributed by atoms with Crippen LogP contribution in [-0.4, -0.2) is 6.04 Å².